The van der Waals surface area contributed by atoms with Gasteiger partial charge < -0.3 is 11.1 Å². The average molecular weight is 248 g/mol. The molecule has 0 unspecified atom stereocenters. The van der Waals surface area contributed by atoms with Crippen LogP contribution in [0.3, 0.4) is 0 Å². The predicted octanol–water partition coefficient (Wildman–Crippen LogP) is 3.21. The predicted molar refractivity (Wildman–Crippen MR) is 68.8 cm³/mol. The van der Waals surface area contributed by atoms with E-state index < -0.39 is 0 Å². The van der Waals surface area contributed by atoms with Crippen molar-refractivity contribution in [3.63, 3.8) is 0 Å². The molecule has 0 radical (unpaired) electrons. The van der Waals surface area contributed by atoms with Crippen LogP contribution in [0.15, 0.2) is 42.5 Å². The van der Waals surface area contributed by atoms with Crippen LogP contribution in [-0.4, -0.2) is 6.54 Å². The van der Waals surface area contributed by atoms with Gasteiger partial charge in [-0.25, -0.2) is 8.78 Å². The standard InChI is InChI=1S/C14H14F2N2/c15-10-4-6-11(7-5-10)18-14-3-1-2-13(16)12(14)8-9-17/h1-7,18H,8-9,17H2. The van der Waals surface area contributed by atoms with Gasteiger partial charge in [0.25, 0.3) is 0 Å². The summed E-state index contributed by atoms with van der Waals surface area (Å²) >= 11 is 0. The normalized spacial score (nSPS) is 10.4. The van der Waals surface area contributed by atoms with E-state index in [1.807, 2.05) is 0 Å². The lowest BCUT2D eigenvalue weighted by molar-refractivity contribution is 0.610. The highest BCUT2D eigenvalue weighted by Gasteiger charge is 2.07. The third-order valence-electron chi connectivity index (χ3n) is 2.64. The molecule has 0 aliphatic rings. The number of nitrogens with two attached hydrogens (primary N) is 1. The maximum absolute atomic E-state index is 13.6. The average Bonchev–Trinajstić information content (AvgIpc) is 2.36. The van der Waals surface area contributed by atoms with E-state index >= 15 is 0 Å². The molecule has 94 valence electrons. The Morgan fingerprint density at radius 3 is 2.39 bits per heavy atom. The number of nitrogens with one attached hydrogen (secondary N) is 1. The van der Waals surface area contributed by atoms with E-state index in [1.165, 1.54) is 18.2 Å². The molecule has 0 amide bonds. The van der Waals surface area contributed by atoms with Crippen molar-refractivity contribution in [2.45, 2.75) is 6.42 Å². The van der Waals surface area contributed by atoms with Crippen LogP contribution in [0.25, 0.3) is 0 Å². The molecule has 2 aromatic carbocycles. The smallest absolute Gasteiger partial charge is 0.128 e. The van der Waals surface area contributed by atoms with Crippen molar-refractivity contribution in [1.29, 1.82) is 0 Å². The first-order valence-corrected chi connectivity index (χ1v) is 5.71. The Morgan fingerprint density at radius 1 is 1.00 bits per heavy atom. The van der Waals surface area contributed by atoms with E-state index in [9.17, 15) is 8.78 Å². The van der Waals surface area contributed by atoms with E-state index in [0.717, 1.165) is 0 Å². The maximum atomic E-state index is 13.6. The minimum atomic E-state index is -0.304. The van der Waals surface area contributed by atoms with Gasteiger partial charge in [0.2, 0.25) is 0 Å². The molecule has 0 saturated carbocycles. The molecular weight excluding hydrogens is 234 g/mol. The topological polar surface area (TPSA) is 38.0 Å². The van der Waals surface area contributed by atoms with Gasteiger partial charge >= 0.3 is 0 Å². The van der Waals surface area contributed by atoms with Gasteiger partial charge in [-0.15, -0.1) is 0 Å². The molecule has 0 aliphatic carbocycles. The molecule has 3 N–H and O–H groups in total. The molecule has 0 bridgehead atoms. The quantitative estimate of drug-likeness (QED) is 0.872. The second kappa shape index (κ2) is 5.60. The number of hydrogen-bond donors (Lipinski definition) is 2. The van der Waals surface area contributed by atoms with Crippen LogP contribution < -0.4 is 11.1 Å². The highest BCUT2D eigenvalue weighted by Crippen LogP contribution is 2.23. The Labute approximate surface area is 104 Å². The molecule has 2 rings (SSSR count). The van der Waals surface area contributed by atoms with Crippen LogP contribution in [0.2, 0.25) is 0 Å². The molecule has 0 aliphatic heterocycles. The van der Waals surface area contributed by atoms with E-state index in [-0.39, 0.29) is 11.6 Å². The van der Waals surface area contributed by atoms with Gasteiger partial charge in [0, 0.05) is 16.9 Å². The zero-order valence-corrected chi connectivity index (χ0v) is 9.79. The number of hydrogen-bond acceptors (Lipinski definition) is 2. The molecule has 0 saturated heterocycles. The van der Waals surface area contributed by atoms with Crippen molar-refractivity contribution in [2.24, 2.45) is 5.73 Å². The summed E-state index contributed by atoms with van der Waals surface area (Å²) in [4.78, 5) is 0. The number of halogens is 2. The first-order chi connectivity index (χ1) is 8.70. The first-order valence-electron chi connectivity index (χ1n) is 5.71. The Bertz CT molecular complexity index is 524. The van der Waals surface area contributed by atoms with Gasteiger partial charge in [-0.2, -0.15) is 0 Å². The molecule has 2 nitrogen and oxygen atoms in total. The first kappa shape index (κ1) is 12.5. The van der Waals surface area contributed by atoms with Gasteiger partial charge in [-0.05, 0) is 49.4 Å². The van der Waals surface area contributed by atoms with Crippen molar-refractivity contribution in [1.82, 2.24) is 0 Å². The summed E-state index contributed by atoms with van der Waals surface area (Å²) in [5.74, 6) is -0.588. The molecule has 0 aromatic heterocycles. The Kier molecular flexibility index (Phi) is 3.89. The van der Waals surface area contributed by atoms with Gasteiger partial charge in [0.05, 0.1) is 0 Å². The lowest BCUT2D eigenvalue weighted by Gasteiger charge is -2.12. The van der Waals surface area contributed by atoms with Gasteiger partial charge in [0.15, 0.2) is 0 Å². The molecular formula is C14H14F2N2. The summed E-state index contributed by atoms with van der Waals surface area (Å²) in [5.41, 5.74) is 7.38. The third-order valence-corrected chi connectivity index (χ3v) is 2.64. The molecule has 0 heterocycles. The highest BCUT2D eigenvalue weighted by atomic mass is 19.1. The van der Waals surface area contributed by atoms with Crippen LogP contribution in [0.5, 0.6) is 0 Å². The Hall–Kier alpha value is -1.94. The van der Waals surface area contributed by atoms with Crippen LogP contribution >= 0.6 is 0 Å². The zero-order chi connectivity index (χ0) is 13.0. The fraction of sp³-hybridized carbons (Fsp3) is 0.143. The summed E-state index contributed by atoms with van der Waals surface area (Å²) < 4.78 is 26.4. The molecule has 0 fully saturated rings. The Morgan fingerprint density at radius 2 is 1.72 bits per heavy atom. The van der Waals surface area contributed by atoms with Crippen molar-refractivity contribution in [2.75, 3.05) is 11.9 Å². The van der Waals surface area contributed by atoms with Crippen LogP contribution in [0, 0.1) is 11.6 Å². The van der Waals surface area contributed by atoms with Crippen molar-refractivity contribution in [3.05, 3.63) is 59.7 Å². The van der Waals surface area contributed by atoms with Crippen LogP contribution in [-0.2, 0) is 6.42 Å². The summed E-state index contributed by atoms with van der Waals surface area (Å²) in [6.07, 6.45) is 0.455. The Balaban J connectivity index is 2.28. The largest absolute Gasteiger partial charge is 0.355 e. The summed E-state index contributed by atoms with van der Waals surface area (Å²) in [6, 6.07) is 10.7. The summed E-state index contributed by atoms with van der Waals surface area (Å²) in [5, 5.41) is 3.06. The van der Waals surface area contributed by atoms with Gasteiger partial charge in [-0.3, -0.25) is 0 Å². The SMILES string of the molecule is NCCc1c(F)cccc1Nc1ccc(F)cc1. The fourth-order valence-electron chi connectivity index (χ4n) is 1.76. The molecule has 18 heavy (non-hydrogen) atoms. The van der Waals surface area contributed by atoms with Crippen LogP contribution in [0.4, 0.5) is 20.2 Å². The minimum Gasteiger partial charge on any atom is -0.355 e. The lowest BCUT2D eigenvalue weighted by atomic mass is 10.1. The second-order valence-corrected chi connectivity index (χ2v) is 3.94. The van der Waals surface area contributed by atoms with Gasteiger partial charge in [-0.1, -0.05) is 6.07 Å². The second-order valence-electron chi connectivity index (χ2n) is 3.94. The fourth-order valence-corrected chi connectivity index (χ4v) is 1.76. The van der Waals surface area contributed by atoms with E-state index in [0.29, 0.717) is 29.9 Å². The molecule has 0 spiro atoms. The van der Waals surface area contributed by atoms with Crippen molar-refractivity contribution in [3.8, 4) is 0 Å². The van der Waals surface area contributed by atoms with Crippen molar-refractivity contribution < 1.29 is 8.78 Å². The highest BCUT2D eigenvalue weighted by molar-refractivity contribution is 5.63. The number of rotatable bonds is 4. The van der Waals surface area contributed by atoms with Crippen molar-refractivity contribution >= 4 is 11.4 Å². The summed E-state index contributed by atoms with van der Waals surface area (Å²) in [6.45, 7) is 0.374. The summed E-state index contributed by atoms with van der Waals surface area (Å²) in [7, 11) is 0. The van der Waals surface area contributed by atoms with E-state index in [2.05, 4.69) is 5.32 Å². The van der Waals surface area contributed by atoms with Gasteiger partial charge in [0.1, 0.15) is 11.6 Å². The molecule has 4 heteroatoms. The molecule has 0 atom stereocenters. The monoisotopic (exact) mass is 248 g/mol. The third kappa shape index (κ3) is 2.84. The number of anilines is 2. The van der Waals surface area contributed by atoms with E-state index in [4.69, 9.17) is 5.73 Å². The minimum absolute atomic E-state index is 0.285. The number of benzene rings is 2. The molecule has 2 aromatic rings. The zero-order valence-electron chi connectivity index (χ0n) is 9.79. The van der Waals surface area contributed by atoms with Crippen LogP contribution in [0.1, 0.15) is 5.56 Å². The lowest BCUT2D eigenvalue weighted by Crippen LogP contribution is -2.07. The van der Waals surface area contributed by atoms with E-state index in [1.54, 1.807) is 24.3 Å². The maximum Gasteiger partial charge on any atom is 0.128 e.